The van der Waals surface area contributed by atoms with E-state index in [1.807, 2.05) is 13.8 Å². The van der Waals surface area contributed by atoms with E-state index in [1.54, 1.807) is 0 Å². The third-order valence-electron chi connectivity index (χ3n) is 3.25. The van der Waals surface area contributed by atoms with Gasteiger partial charge in [-0.15, -0.1) is 0 Å². The summed E-state index contributed by atoms with van der Waals surface area (Å²) in [7, 11) is -1.97. The van der Waals surface area contributed by atoms with Crippen molar-refractivity contribution in [1.29, 1.82) is 0 Å². The molecule has 0 saturated carbocycles. The summed E-state index contributed by atoms with van der Waals surface area (Å²) in [6.45, 7) is 16.2. The van der Waals surface area contributed by atoms with E-state index in [0.29, 0.717) is 25.0 Å². The quantitative estimate of drug-likeness (QED) is 0.618. The van der Waals surface area contributed by atoms with Crippen LogP contribution in [0.2, 0.25) is 0 Å². The van der Waals surface area contributed by atoms with E-state index in [-0.39, 0.29) is 5.60 Å². The Morgan fingerprint density at radius 1 is 0.938 bits per heavy atom. The molecule has 0 radical (unpaired) electrons. The van der Waals surface area contributed by atoms with Crippen LogP contribution in [0.15, 0.2) is 0 Å². The molecule has 4 heteroatoms. The Kier molecular flexibility index (Phi) is 7.47. The zero-order valence-electron chi connectivity index (χ0n) is 11.9. The molecule has 0 saturated heterocycles. The van der Waals surface area contributed by atoms with Crippen molar-refractivity contribution in [3.8, 4) is 0 Å². The summed E-state index contributed by atoms with van der Waals surface area (Å²) < 4.78 is 17.3. The first-order chi connectivity index (χ1) is 7.38. The molecule has 0 bridgehead atoms. The van der Waals surface area contributed by atoms with E-state index in [4.69, 9.17) is 13.3 Å². The molecule has 0 unspecified atom stereocenters. The second kappa shape index (κ2) is 7.43. The monoisotopic (exact) mass is 248 g/mol. The summed E-state index contributed by atoms with van der Waals surface area (Å²) in [5.74, 6) is 0.895. The summed E-state index contributed by atoms with van der Waals surface area (Å²) in [5, 5.41) is 0. The molecular weight excluding hydrogens is 220 g/mol. The number of hydrogen-bond donors (Lipinski definition) is 0. The normalized spacial score (nSPS) is 13.1. The van der Waals surface area contributed by atoms with Crippen molar-refractivity contribution in [1.82, 2.24) is 0 Å². The van der Waals surface area contributed by atoms with Gasteiger partial charge in [-0.25, -0.2) is 0 Å². The third kappa shape index (κ3) is 4.53. The average molecular weight is 248 g/mol. The van der Waals surface area contributed by atoms with Crippen molar-refractivity contribution in [2.75, 3.05) is 13.2 Å². The second-order valence-electron chi connectivity index (χ2n) is 4.81. The number of hydrogen-bond acceptors (Lipinski definition) is 3. The van der Waals surface area contributed by atoms with Gasteiger partial charge in [0.1, 0.15) is 0 Å². The molecule has 3 nitrogen and oxygen atoms in total. The first kappa shape index (κ1) is 16.1. The molecule has 0 aromatic heterocycles. The standard InChI is InChI=1S/C12H28O3Si/c1-8-13-16(14-9-2)15-12(7,10(3)4)11(5)6/h10-11,16H,8-9H2,1-7H3. The van der Waals surface area contributed by atoms with Crippen LogP contribution in [0, 0.1) is 11.8 Å². The molecule has 0 amide bonds. The van der Waals surface area contributed by atoms with Gasteiger partial charge < -0.3 is 13.3 Å². The highest BCUT2D eigenvalue weighted by Crippen LogP contribution is 2.30. The van der Waals surface area contributed by atoms with Gasteiger partial charge in [0.2, 0.25) is 0 Å². The predicted octanol–water partition coefficient (Wildman–Crippen LogP) is 2.86. The van der Waals surface area contributed by atoms with E-state index < -0.39 is 9.53 Å². The van der Waals surface area contributed by atoms with Crippen LogP contribution in [-0.4, -0.2) is 28.3 Å². The fraction of sp³-hybridized carbons (Fsp3) is 1.00. The van der Waals surface area contributed by atoms with Crippen LogP contribution in [-0.2, 0) is 13.3 Å². The summed E-state index contributed by atoms with van der Waals surface area (Å²) in [6.07, 6.45) is 0. The van der Waals surface area contributed by atoms with Gasteiger partial charge in [0.05, 0.1) is 5.60 Å². The maximum absolute atomic E-state index is 6.14. The van der Waals surface area contributed by atoms with Crippen molar-refractivity contribution >= 4 is 9.53 Å². The fourth-order valence-corrected chi connectivity index (χ4v) is 3.27. The Hall–Kier alpha value is 0.0969. The van der Waals surface area contributed by atoms with E-state index in [0.717, 1.165) is 0 Å². The minimum absolute atomic E-state index is 0.165. The Balaban J connectivity index is 4.57. The lowest BCUT2D eigenvalue weighted by atomic mass is 9.82. The summed E-state index contributed by atoms with van der Waals surface area (Å²) >= 11 is 0. The molecule has 0 aliphatic heterocycles. The highest BCUT2D eigenvalue weighted by Gasteiger charge is 2.37. The minimum Gasteiger partial charge on any atom is -0.376 e. The van der Waals surface area contributed by atoms with Gasteiger partial charge in [0.25, 0.3) is 0 Å². The van der Waals surface area contributed by atoms with E-state index in [9.17, 15) is 0 Å². The van der Waals surface area contributed by atoms with Gasteiger partial charge in [-0.1, -0.05) is 27.7 Å². The molecule has 0 spiro atoms. The van der Waals surface area contributed by atoms with E-state index >= 15 is 0 Å². The largest absolute Gasteiger partial charge is 0.484 e. The van der Waals surface area contributed by atoms with Gasteiger partial charge in [-0.05, 0) is 32.6 Å². The van der Waals surface area contributed by atoms with Gasteiger partial charge in [-0.2, -0.15) is 0 Å². The first-order valence-corrected chi connectivity index (χ1v) is 7.70. The molecule has 0 aromatic carbocycles. The highest BCUT2D eigenvalue weighted by molar-refractivity contribution is 6.36. The van der Waals surface area contributed by atoms with Gasteiger partial charge in [-0.3, -0.25) is 0 Å². The number of rotatable bonds is 8. The van der Waals surface area contributed by atoms with Crippen LogP contribution in [0.1, 0.15) is 48.5 Å². The van der Waals surface area contributed by atoms with E-state index in [2.05, 4.69) is 34.6 Å². The Labute approximate surface area is 102 Å². The lowest BCUT2D eigenvalue weighted by Crippen LogP contribution is -2.47. The van der Waals surface area contributed by atoms with Crippen LogP contribution in [0.25, 0.3) is 0 Å². The molecule has 0 fully saturated rings. The topological polar surface area (TPSA) is 27.7 Å². The van der Waals surface area contributed by atoms with Crippen molar-refractivity contribution in [3.63, 3.8) is 0 Å². The summed E-state index contributed by atoms with van der Waals surface area (Å²) in [4.78, 5) is 0. The van der Waals surface area contributed by atoms with Crippen LogP contribution >= 0.6 is 0 Å². The molecule has 0 atom stereocenters. The average Bonchev–Trinajstić information content (AvgIpc) is 2.17. The molecule has 0 rings (SSSR count). The van der Waals surface area contributed by atoms with Crippen LogP contribution in [0.4, 0.5) is 0 Å². The lowest BCUT2D eigenvalue weighted by molar-refractivity contribution is -0.0553. The van der Waals surface area contributed by atoms with Gasteiger partial charge in [0.15, 0.2) is 0 Å². The maximum Gasteiger partial charge on any atom is 0.484 e. The fourth-order valence-electron chi connectivity index (χ4n) is 1.53. The molecule has 0 aliphatic rings. The summed E-state index contributed by atoms with van der Waals surface area (Å²) in [6, 6.07) is 0. The van der Waals surface area contributed by atoms with Crippen molar-refractivity contribution in [2.45, 2.75) is 54.1 Å². The molecule has 0 heterocycles. The first-order valence-electron chi connectivity index (χ1n) is 6.29. The van der Waals surface area contributed by atoms with Crippen LogP contribution in [0.5, 0.6) is 0 Å². The Bertz CT molecular complexity index is 169. The maximum atomic E-state index is 6.14. The van der Waals surface area contributed by atoms with Crippen molar-refractivity contribution in [2.24, 2.45) is 11.8 Å². The second-order valence-corrected chi connectivity index (χ2v) is 6.29. The van der Waals surface area contributed by atoms with Gasteiger partial charge in [0, 0.05) is 13.2 Å². The Morgan fingerprint density at radius 2 is 1.31 bits per heavy atom. The SMILES string of the molecule is CCO[SiH](OCC)OC(C)(C(C)C)C(C)C. The molecule has 0 aliphatic carbocycles. The molecule has 0 aromatic rings. The molecule has 0 N–H and O–H groups in total. The van der Waals surface area contributed by atoms with Crippen molar-refractivity contribution < 1.29 is 13.3 Å². The van der Waals surface area contributed by atoms with E-state index in [1.165, 1.54) is 0 Å². The molecular formula is C12H28O3Si. The highest BCUT2D eigenvalue weighted by atomic mass is 28.3. The van der Waals surface area contributed by atoms with Crippen LogP contribution < -0.4 is 0 Å². The molecule has 16 heavy (non-hydrogen) atoms. The molecule has 98 valence electrons. The zero-order valence-corrected chi connectivity index (χ0v) is 13.0. The Morgan fingerprint density at radius 3 is 1.56 bits per heavy atom. The lowest BCUT2D eigenvalue weighted by Gasteiger charge is -2.40. The summed E-state index contributed by atoms with van der Waals surface area (Å²) in [5.41, 5.74) is -0.165. The van der Waals surface area contributed by atoms with Crippen LogP contribution in [0.3, 0.4) is 0 Å². The minimum atomic E-state index is -1.97. The third-order valence-corrected chi connectivity index (χ3v) is 5.16. The zero-order chi connectivity index (χ0) is 12.8. The van der Waals surface area contributed by atoms with Crippen molar-refractivity contribution in [3.05, 3.63) is 0 Å². The smallest absolute Gasteiger partial charge is 0.376 e. The van der Waals surface area contributed by atoms with Gasteiger partial charge >= 0.3 is 9.53 Å². The predicted molar refractivity (Wildman–Crippen MR) is 69.6 cm³/mol.